The van der Waals surface area contributed by atoms with Gasteiger partial charge in [0, 0.05) is 7.05 Å². The standard InChI is InChI=1S/C16H15FN2O4S/c1-9-4-5-11(7-12(9)17)18-24(21,22)15-8-13-14(6-10(15)2)23-16(20)19(13)3/h4-8,18H,1-3H3. The molecule has 1 aromatic heterocycles. The predicted octanol–water partition coefficient (Wildman–Crippen LogP) is 2.69. The van der Waals surface area contributed by atoms with Gasteiger partial charge in [0.05, 0.1) is 16.1 Å². The van der Waals surface area contributed by atoms with Gasteiger partial charge in [-0.15, -0.1) is 0 Å². The lowest BCUT2D eigenvalue weighted by atomic mass is 10.2. The van der Waals surface area contributed by atoms with Gasteiger partial charge in [-0.2, -0.15) is 0 Å². The second-order valence-corrected chi connectivity index (χ2v) is 7.23. The zero-order chi connectivity index (χ0) is 17.6. The van der Waals surface area contributed by atoms with Gasteiger partial charge in [-0.1, -0.05) is 6.07 Å². The van der Waals surface area contributed by atoms with Crippen LogP contribution < -0.4 is 10.5 Å². The van der Waals surface area contributed by atoms with Gasteiger partial charge in [-0.05, 0) is 49.2 Å². The van der Waals surface area contributed by atoms with Crippen LogP contribution in [0.2, 0.25) is 0 Å². The maximum Gasteiger partial charge on any atom is 0.419 e. The topological polar surface area (TPSA) is 81.3 Å². The summed E-state index contributed by atoms with van der Waals surface area (Å²) < 4.78 is 47.5. The maximum absolute atomic E-state index is 13.6. The molecule has 0 aliphatic carbocycles. The Morgan fingerprint density at radius 3 is 2.50 bits per heavy atom. The van der Waals surface area contributed by atoms with E-state index in [4.69, 9.17) is 4.42 Å². The highest BCUT2D eigenvalue weighted by atomic mass is 32.2. The van der Waals surface area contributed by atoms with Crippen molar-refractivity contribution in [2.24, 2.45) is 7.05 Å². The lowest BCUT2D eigenvalue weighted by Gasteiger charge is -2.11. The van der Waals surface area contributed by atoms with Crippen molar-refractivity contribution in [2.45, 2.75) is 18.7 Å². The van der Waals surface area contributed by atoms with Gasteiger partial charge >= 0.3 is 5.76 Å². The van der Waals surface area contributed by atoms with Crippen molar-refractivity contribution in [3.8, 4) is 0 Å². The zero-order valence-electron chi connectivity index (χ0n) is 13.3. The van der Waals surface area contributed by atoms with Crippen molar-refractivity contribution in [1.29, 1.82) is 0 Å². The molecule has 0 saturated heterocycles. The van der Waals surface area contributed by atoms with Crippen LogP contribution in [0.25, 0.3) is 11.1 Å². The third kappa shape index (κ3) is 2.69. The normalized spacial score (nSPS) is 11.8. The summed E-state index contributed by atoms with van der Waals surface area (Å²) in [7, 11) is -2.46. The fourth-order valence-electron chi connectivity index (χ4n) is 2.41. The molecule has 0 spiro atoms. The summed E-state index contributed by atoms with van der Waals surface area (Å²) in [6.45, 7) is 3.18. The van der Waals surface area contributed by atoms with Crippen LogP contribution in [0.1, 0.15) is 11.1 Å². The molecular formula is C16H15FN2O4S. The minimum atomic E-state index is -3.95. The number of nitrogens with one attached hydrogen (secondary N) is 1. The number of oxazole rings is 1. The summed E-state index contributed by atoms with van der Waals surface area (Å²) in [5, 5.41) is 0. The molecule has 0 saturated carbocycles. The maximum atomic E-state index is 13.6. The van der Waals surface area contributed by atoms with E-state index in [1.807, 2.05) is 0 Å². The number of rotatable bonds is 3. The van der Waals surface area contributed by atoms with Gasteiger partial charge in [0.1, 0.15) is 5.82 Å². The van der Waals surface area contributed by atoms with E-state index in [1.54, 1.807) is 13.8 Å². The van der Waals surface area contributed by atoms with Crippen LogP contribution in [0, 0.1) is 19.7 Å². The van der Waals surface area contributed by atoms with Crippen LogP contribution >= 0.6 is 0 Å². The second kappa shape index (κ2) is 5.48. The first-order chi connectivity index (χ1) is 11.2. The van der Waals surface area contributed by atoms with Crippen molar-refractivity contribution >= 4 is 26.8 Å². The average Bonchev–Trinajstić information content (AvgIpc) is 2.76. The quantitative estimate of drug-likeness (QED) is 0.787. The summed E-state index contributed by atoms with van der Waals surface area (Å²) in [6.07, 6.45) is 0. The third-order valence-corrected chi connectivity index (χ3v) is 5.33. The van der Waals surface area contributed by atoms with E-state index < -0.39 is 21.6 Å². The molecule has 2 aromatic carbocycles. The summed E-state index contributed by atoms with van der Waals surface area (Å²) >= 11 is 0. The van der Waals surface area contributed by atoms with Crippen LogP contribution in [0.15, 0.2) is 44.4 Å². The molecular weight excluding hydrogens is 335 g/mol. The Morgan fingerprint density at radius 1 is 1.12 bits per heavy atom. The van der Waals surface area contributed by atoms with Crippen molar-refractivity contribution < 1.29 is 17.2 Å². The molecule has 1 heterocycles. The summed E-state index contributed by atoms with van der Waals surface area (Å²) in [5.41, 5.74) is 1.63. The molecule has 0 aliphatic heterocycles. The number of anilines is 1. The number of sulfonamides is 1. The number of benzene rings is 2. The first kappa shape index (κ1) is 16.3. The largest absolute Gasteiger partial charge is 0.419 e. The highest BCUT2D eigenvalue weighted by Gasteiger charge is 2.20. The average molecular weight is 350 g/mol. The fraction of sp³-hybridized carbons (Fsp3) is 0.188. The van der Waals surface area contributed by atoms with E-state index in [2.05, 4.69) is 4.72 Å². The summed E-state index contributed by atoms with van der Waals surface area (Å²) in [6, 6.07) is 6.94. The Labute approximate surface area is 137 Å². The number of aryl methyl sites for hydroxylation is 3. The molecule has 0 aliphatic rings. The number of hydrogen-bond acceptors (Lipinski definition) is 4. The van der Waals surface area contributed by atoms with E-state index in [1.165, 1.54) is 35.9 Å². The number of nitrogens with zero attached hydrogens (tertiary/aromatic N) is 1. The first-order valence-corrected chi connectivity index (χ1v) is 8.56. The van der Waals surface area contributed by atoms with E-state index in [-0.39, 0.29) is 10.6 Å². The third-order valence-electron chi connectivity index (χ3n) is 3.80. The zero-order valence-corrected chi connectivity index (χ0v) is 14.1. The van der Waals surface area contributed by atoms with Gasteiger partial charge in [0.2, 0.25) is 0 Å². The molecule has 0 unspecified atom stereocenters. The molecule has 1 N–H and O–H groups in total. The molecule has 126 valence electrons. The lowest BCUT2D eigenvalue weighted by Crippen LogP contribution is -2.15. The van der Waals surface area contributed by atoms with Gasteiger partial charge in [-0.25, -0.2) is 17.6 Å². The van der Waals surface area contributed by atoms with Crippen LogP contribution in [-0.2, 0) is 17.1 Å². The summed E-state index contributed by atoms with van der Waals surface area (Å²) in [5.74, 6) is -1.08. The number of halogens is 1. The Morgan fingerprint density at radius 2 is 1.83 bits per heavy atom. The van der Waals surface area contributed by atoms with Gasteiger partial charge < -0.3 is 4.42 Å². The van der Waals surface area contributed by atoms with Gasteiger partial charge in [0.25, 0.3) is 10.0 Å². The van der Waals surface area contributed by atoms with E-state index in [0.717, 1.165) is 6.07 Å². The van der Waals surface area contributed by atoms with Crippen LogP contribution in [0.5, 0.6) is 0 Å². The molecule has 24 heavy (non-hydrogen) atoms. The van der Waals surface area contributed by atoms with E-state index in [9.17, 15) is 17.6 Å². The fourth-order valence-corrected chi connectivity index (χ4v) is 3.71. The Hall–Kier alpha value is -2.61. The number of aromatic nitrogens is 1. The van der Waals surface area contributed by atoms with Crippen molar-refractivity contribution in [3.63, 3.8) is 0 Å². The molecule has 8 heteroatoms. The molecule has 0 atom stereocenters. The molecule has 0 radical (unpaired) electrons. The minimum absolute atomic E-state index is 0.00705. The Bertz CT molecular complexity index is 1110. The van der Waals surface area contributed by atoms with E-state index >= 15 is 0 Å². The van der Waals surface area contributed by atoms with Crippen molar-refractivity contribution in [1.82, 2.24) is 4.57 Å². The summed E-state index contributed by atoms with van der Waals surface area (Å²) in [4.78, 5) is 11.6. The number of fused-ring (bicyclic) bond motifs is 1. The van der Waals surface area contributed by atoms with Crippen LogP contribution in [0.4, 0.5) is 10.1 Å². The molecule has 0 amide bonds. The number of hydrogen-bond donors (Lipinski definition) is 1. The monoisotopic (exact) mass is 350 g/mol. The Balaban J connectivity index is 2.10. The first-order valence-electron chi connectivity index (χ1n) is 7.08. The molecule has 0 fully saturated rings. The SMILES string of the molecule is Cc1ccc(NS(=O)(=O)c2cc3c(cc2C)oc(=O)n3C)cc1F. The van der Waals surface area contributed by atoms with E-state index in [0.29, 0.717) is 22.2 Å². The molecule has 3 aromatic rings. The van der Waals surface area contributed by atoms with Crippen LogP contribution in [-0.4, -0.2) is 13.0 Å². The highest BCUT2D eigenvalue weighted by molar-refractivity contribution is 7.92. The minimum Gasteiger partial charge on any atom is -0.408 e. The highest BCUT2D eigenvalue weighted by Crippen LogP contribution is 2.25. The lowest BCUT2D eigenvalue weighted by molar-refractivity contribution is 0.528. The van der Waals surface area contributed by atoms with Crippen molar-refractivity contribution in [2.75, 3.05) is 4.72 Å². The van der Waals surface area contributed by atoms with Gasteiger partial charge in [-0.3, -0.25) is 9.29 Å². The van der Waals surface area contributed by atoms with Crippen LogP contribution in [0.3, 0.4) is 0 Å². The molecule has 6 nitrogen and oxygen atoms in total. The Kier molecular flexibility index (Phi) is 3.71. The van der Waals surface area contributed by atoms with Crippen molar-refractivity contribution in [3.05, 3.63) is 57.8 Å². The van der Waals surface area contributed by atoms with Gasteiger partial charge in [0.15, 0.2) is 5.58 Å². The smallest absolute Gasteiger partial charge is 0.408 e. The molecule has 3 rings (SSSR count). The second-order valence-electron chi connectivity index (χ2n) is 5.58. The molecule has 0 bridgehead atoms. The predicted molar refractivity (Wildman–Crippen MR) is 88.1 cm³/mol.